The Balaban J connectivity index is 2.28. The van der Waals surface area contributed by atoms with E-state index in [9.17, 15) is 4.79 Å². The molecular formula is C16H19N3O. The second-order valence-corrected chi connectivity index (χ2v) is 4.83. The maximum Gasteiger partial charge on any atom is 0.255 e. The molecule has 1 amide bonds. The molecule has 0 atom stereocenters. The zero-order chi connectivity index (χ0) is 14.7. The Morgan fingerprint density at radius 2 is 1.90 bits per heavy atom. The summed E-state index contributed by atoms with van der Waals surface area (Å²) < 4.78 is 0. The average molecular weight is 269 g/mol. The lowest BCUT2D eigenvalue weighted by Gasteiger charge is -2.11. The number of amides is 1. The number of benzene rings is 1. The van der Waals surface area contributed by atoms with Crippen LogP contribution in [-0.4, -0.2) is 17.9 Å². The van der Waals surface area contributed by atoms with Crippen molar-refractivity contribution < 1.29 is 4.79 Å². The summed E-state index contributed by atoms with van der Waals surface area (Å²) in [5.74, 6) is 0.566. The SMILES string of the molecule is CNc1cc(C(=O)Nc2cccc(C)c2C)cc(C)n1. The summed E-state index contributed by atoms with van der Waals surface area (Å²) in [6.07, 6.45) is 0. The van der Waals surface area contributed by atoms with Crippen molar-refractivity contribution in [1.82, 2.24) is 4.98 Å². The van der Waals surface area contributed by atoms with Gasteiger partial charge in [0, 0.05) is 24.0 Å². The number of aromatic nitrogens is 1. The minimum Gasteiger partial charge on any atom is -0.373 e. The van der Waals surface area contributed by atoms with Gasteiger partial charge in [-0.25, -0.2) is 4.98 Å². The Hall–Kier alpha value is -2.36. The van der Waals surface area contributed by atoms with Gasteiger partial charge in [-0.05, 0) is 50.1 Å². The Labute approximate surface area is 119 Å². The molecule has 0 bridgehead atoms. The van der Waals surface area contributed by atoms with Gasteiger partial charge in [-0.1, -0.05) is 12.1 Å². The second kappa shape index (κ2) is 5.74. The van der Waals surface area contributed by atoms with Gasteiger partial charge in [-0.3, -0.25) is 4.79 Å². The summed E-state index contributed by atoms with van der Waals surface area (Å²) in [6.45, 7) is 5.90. The largest absolute Gasteiger partial charge is 0.373 e. The van der Waals surface area contributed by atoms with Crippen molar-refractivity contribution in [2.24, 2.45) is 0 Å². The van der Waals surface area contributed by atoms with E-state index < -0.39 is 0 Å². The van der Waals surface area contributed by atoms with Crippen LogP contribution in [0.25, 0.3) is 0 Å². The van der Waals surface area contributed by atoms with Gasteiger partial charge in [0.15, 0.2) is 0 Å². The van der Waals surface area contributed by atoms with Crippen molar-refractivity contribution in [3.63, 3.8) is 0 Å². The lowest BCUT2D eigenvalue weighted by atomic mass is 10.1. The van der Waals surface area contributed by atoms with Gasteiger partial charge in [0.2, 0.25) is 0 Å². The molecule has 0 unspecified atom stereocenters. The number of hydrogen-bond donors (Lipinski definition) is 2. The minimum absolute atomic E-state index is 0.124. The molecule has 104 valence electrons. The quantitative estimate of drug-likeness (QED) is 0.899. The summed E-state index contributed by atoms with van der Waals surface area (Å²) >= 11 is 0. The van der Waals surface area contributed by atoms with E-state index >= 15 is 0 Å². The number of rotatable bonds is 3. The lowest BCUT2D eigenvalue weighted by molar-refractivity contribution is 0.102. The maximum atomic E-state index is 12.3. The number of aryl methyl sites for hydroxylation is 2. The van der Waals surface area contributed by atoms with Crippen molar-refractivity contribution in [1.29, 1.82) is 0 Å². The van der Waals surface area contributed by atoms with Crippen LogP contribution in [0.15, 0.2) is 30.3 Å². The first kappa shape index (κ1) is 14.1. The Kier molecular flexibility index (Phi) is 4.03. The fourth-order valence-electron chi connectivity index (χ4n) is 2.01. The van der Waals surface area contributed by atoms with E-state index in [2.05, 4.69) is 15.6 Å². The van der Waals surface area contributed by atoms with Crippen LogP contribution in [0.3, 0.4) is 0 Å². The molecule has 0 saturated carbocycles. The molecule has 1 aromatic carbocycles. The molecular weight excluding hydrogens is 250 g/mol. The molecule has 2 aromatic rings. The van der Waals surface area contributed by atoms with E-state index in [0.29, 0.717) is 11.4 Å². The number of hydrogen-bond acceptors (Lipinski definition) is 3. The van der Waals surface area contributed by atoms with Gasteiger partial charge in [0.25, 0.3) is 5.91 Å². The van der Waals surface area contributed by atoms with Gasteiger partial charge in [0.05, 0.1) is 0 Å². The van der Waals surface area contributed by atoms with Crippen LogP contribution < -0.4 is 10.6 Å². The molecule has 2 rings (SSSR count). The van der Waals surface area contributed by atoms with E-state index in [1.807, 2.05) is 39.0 Å². The maximum absolute atomic E-state index is 12.3. The Bertz CT molecular complexity index is 650. The lowest BCUT2D eigenvalue weighted by Crippen LogP contribution is -2.14. The molecule has 20 heavy (non-hydrogen) atoms. The number of nitrogens with one attached hydrogen (secondary N) is 2. The van der Waals surface area contributed by atoms with Crippen LogP contribution in [0, 0.1) is 20.8 Å². The number of carbonyl (C=O) groups is 1. The molecule has 0 saturated heterocycles. The first-order valence-electron chi connectivity index (χ1n) is 6.55. The normalized spacial score (nSPS) is 10.2. The molecule has 1 heterocycles. The van der Waals surface area contributed by atoms with E-state index in [0.717, 1.165) is 22.5 Å². The Morgan fingerprint density at radius 1 is 1.15 bits per heavy atom. The van der Waals surface area contributed by atoms with Crippen molar-refractivity contribution >= 4 is 17.4 Å². The molecule has 1 aromatic heterocycles. The molecule has 4 heteroatoms. The highest BCUT2D eigenvalue weighted by molar-refractivity contribution is 6.05. The summed E-state index contributed by atoms with van der Waals surface area (Å²) in [4.78, 5) is 16.6. The van der Waals surface area contributed by atoms with E-state index in [1.54, 1.807) is 19.2 Å². The van der Waals surface area contributed by atoms with Crippen LogP contribution in [0.1, 0.15) is 27.2 Å². The monoisotopic (exact) mass is 269 g/mol. The van der Waals surface area contributed by atoms with Gasteiger partial charge >= 0.3 is 0 Å². The van der Waals surface area contributed by atoms with Gasteiger partial charge in [-0.2, -0.15) is 0 Å². The van der Waals surface area contributed by atoms with Crippen LogP contribution in [0.4, 0.5) is 11.5 Å². The summed E-state index contributed by atoms with van der Waals surface area (Å²) in [6, 6.07) is 9.40. The van der Waals surface area contributed by atoms with Gasteiger partial charge < -0.3 is 10.6 Å². The fourth-order valence-corrected chi connectivity index (χ4v) is 2.01. The van der Waals surface area contributed by atoms with Crippen LogP contribution in [0.2, 0.25) is 0 Å². The molecule has 0 radical (unpaired) electrons. The zero-order valence-corrected chi connectivity index (χ0v) is 12.2. The van der Waals surface area contributed by atoms with Crippen molar-refractivity contribution in [2.45, 2.75) is 20.8 Å². The van der Waals surface area contributed by atoms with E-state index in [-0.39, 0.29) is 5.91 Å². The summed E-state index contributed by atoms with van der Waals surface area (Å²) in [5.41, 5.74) is 4.49. The number of pyridine rings is 1. The van der Waals surface area contributed by atoms with Gasteiger partial charge in [-0.15, -0.1) is 0 Å². The number of nitrogens with zero attached hydrogens (tertiary/aromatic N) is 1. The van der Waals surface area contributed by atoms with E-state index in [1.165, 1.54) is 0 Å². The van der Waals surface area contributed by atoms with Crippen molar-refractivity contribution in [3.8, 4) is 0 Å². The molecule has 0 spiro atoms. The second-order valence-electron chi connectivity index (χ2n) is 4.83. The van der Waals surface area contributed by atoms with E-state index in [4.69, 9.17) is 0 Å². The van der Waals surface area contributed by atoms with Gasteiger partial charge in [0.1, 0.15) is 5.82 Å². The topological polar surface area (TPSA) is 54.0 Å². The fraction of sp³-hybridized carbons (Fsp3) is 0.250. The third-order valence-corrected chi connectivity index (χ3v) is 3.32. The molecule has 0 aliphatic rings. The highest BCUT2D eigenvalue weighted by Crippen LogP contribution is 2.19. The standard InChI is InChI=1S/C16H19N3O/c1-10-6-5-7-14(12(10)3)19-16(20)13-8-11(2)18-15(9-13)17-4/h5-9H,1-4H3,(H,17,18)(H,19,20). The highest BCUT2D eigenvalue weighted by atomic mass is 16.1. The van der Waals surface area contributed by atoms with Crippen LogP contribution in [-0.2, 0) is 0 Å². The van der Waals surface area contributed by atoms with Crippen molar-refractivity contribution in [3.05, 3.63) is 52.7 Å². The smallest absolute Gasteiger partial charge is 0.255 e. The van der Waals surface area contributed by atoms with Crippen LogP contribution in [0.5, 0.6) is 0 Å². The first-order valence-corrected chi connectivity index (χ1v) is 6.55. The third kappa shape index (κ3) is 2.96. The third-order valence-electron chi connectivity index (χ3n) is 3.32. The zero-order valence-electron chi connectivity index (χ0n) is 12.2. The van der Waals surface area contributed by atoms with Crippen LogP contribution >= 0.6 is 0 Å². The highest BCUT2D eigenvalue weighted by Gasteiger charge is 2.10. The number of carbonyl (C=O) groups excluding carboxylic acids is 1. The first-order chi connectivity index (χ1) is 9.51. The summed E-state index contributed by atoms with van der Waals surface area (Å²) in [5, 5.41) is 5.91. The summed E-state index contributed by atoms with van der Waals surface area (Å²) in [7, 11) is 1.79. The number of anilines is 2. The molecule has 0 aliphatic carbocycles. The predicted octanol–water partition coefficient (Wildman–Crippen LogP) is 3.30. The molecule has 2 N–H and O–H groups in total. The average Bonchev–Trinajstić information content (AvgIpc) is 2.43. The minimum atomic E-state index is -0.124. The molecule has 0 aliphatic heterocycles. The Morgan fingerprint density at radius 3 is 2.60 bits per heavy atom. The molecule has 4 nitrogen and oxygen atoms in total. The molecule has 0 fully saturated rings. The van der Waals surface area contributed by atoms with Crippen molar-refractivity contribution in [2.75, 3.05) is 17.7 Å². The predicted molar refractivity (Wildman–Crippen MR) is 82.4 cm³/mol.